The summed E-state index contributed by atoms with van der Waals surface area (Å²) < 4.78 is 0. The zero-order valence-corrected chi connectivity index (χ0v) is 12.0. The number of hydrogen-bond donors (Lipinski definition) is 1. The zero-order chi connectivity index (χ0) is 14.6. The van der Waals surface area contributed by atoms with Crippen molar-refractivity contribution in [1.82, 2.24) is 4.90 Å². The number of nitro benzene ring substituents is 1. The summed E-state index contributed by atoms with van der Waals surface area (Å²) in [6.07, 6.45) is 0. The molecule has 1 unspecified atom stereocenters. The summed E-state index contributed by atoms with van der Waals surface area (Å²) in [6.45, 7) is 5.55. The lowest BCUT2D eigenvalue weighted by Gasteiger charge is -2.31. The number of anilines is 2. The van der Waals surface area contributed by atoms with E-state index in [9.17, 15) is 10.1 Å². The molecule has 1 rings (SSSR count). The summed E-state index contributed by atoms with van der Waals surface area (Å²) in [4.78, 5) is 14.9. The lowest BCUT2D eigenvalue weighted by molar-refractivity contribution is -0.383. The van der Waals surface area contributed by atoms with Gasteiger partial charge in [-0.3, -0.25) is 10.1 Å². The van der Waals surface area contributed by atoms with Crippen LogP contribution in [-0.4, -0.2) is 43.0 Å². The highest BCUT2D eigenvalue weighted by molar-refractivity contribution is 5.75. The number of nitrogens with two attached hydrogens (primary N) is 1. The minimum absolute atomic E-state index is 0.00467. The molecule has 0 aliphatic heterocycles. The molecule has 19 heavy (non-hydrogen) atoms. The molecule has 6 heteroatoms. The van der Waals surface area contributed by atoms with Crippen LogP contribution in [0.25, 0.3) is 0 Å². The minimum Gasteiger partial charge on any atom is -0.393 e. The SMILES string of the molecule is CCN(c1cccc(N)c1[N+](=O)[O-])C(C)CN(C)C. The van der Waals surface area contributed by atoms with Crippen molar-refractivity contribution in [3.05, 3.63) is 28.3 Å². The molecule has 0 aromatic heterocycles. The maximum atomic E-state index is 11.2. The van der Waals surface area contributed by atoms with Gasteiger partial charge in [-0.05, 0) is 40.1 Å². The van der Waals surface area contributed by atoms with E-state index in [1.165, 1.54) is 0 Å². The van der Waals surface area contributed by atoms with Gasteiger partial charge in [0, 0.05) is 19.1 Å². The summed E-state index contributed by atoms with van der Waals surface area (Å²) in [7, 11) is 3.97. The number of rotatable bonds is 6. The Morgan fingerprint density at radius 1 is 1.42 bits per heavy atom. The van der Waals surface area contributed by atoms with Crippen LogP contribution in [-0.2, 0) is 0 Å². The van der Waals surface area contributed by atoms with E-state index in [0.717, 1.165) is 6.54 Å². The molecule has 0 spiro atoms. The Bertz CT molecular complexity index is 448. The fourth-order valence-electron chi connectivity index (χ4n) is 2.33. The van der Waals surface area contributed by atoms with Crippen molar-refractivity contribution >= 4 is 17.1 Å². The van der Waals surface area contributed by atoms with Crippen LogP contribution in [0.4, 0.5) is 17.1 Å². The number of nitrogens with zero attached hydrogens (tertiary/aromatic N) is 3. The first kappa shape index (κ1) is 15.2. The van der Waals surface area contributed by atoms with Gasteiger partial charge in [0.1, 0.15) is 11.4 Å². The van der Waals surface area contributed by atoms with Crippen LogP contribution in [0.15, 0.2) is 18.2 Å². The van der Waals surface area contributed by atoms with Gasteiger partial charge < -0.3 is 15.5 Å². The first-order chi connectivity index (χ1) is 8.88. The molecule has 0 amide bonds. The number of nitrogen functional groups attached to an aromatic ring is 1. The molecule has 0 heterocycles. The van der Waals surface area contributed by atoms with E-state index in [2.05, 4.69) is 11.8 Å². The van der Waals surface area contributed by atoms with Gasteiger partial charge in [0.25, 0.3) is 0 Å². The topological polar surface area (TPSA) is 75.6 Å². The van der Waals surface area contributed by atoms with E-state index in [1.54, 1.807) is 18.2 Å². The molecule has 0 bridgehead atoms. The Morgan fingerprint density at radius 2 is 2.05 bits per heavy atom. The van der Waals surface area contributed by atoms with Gasteiger partial charge in [0.15, 0.2) is 0 Å². The quantitative estimate of drug-likeness (QED) is 0.484. The Balaban J connectivity index is 3.18. The summed E-state index contributed by atoms with van der Waals surface area (Å²) in [5, 5.41) is 11.2. The average Bonchev–Trinajstić information content (AvgIpc) is 2.28. The number of nitro groups is 1. The van der Waals surface area contributed by atoms with Crippen LogP contribution in [0.1, 0.15) is 13.8 Å². The third-order valence-corrected chi connectivity index (χ3v) is 3.04. The van der Waals surface area contributed by atoms with Crippen LogP contribution in [0.2, 0.25) is 0 Å². The fourth-order valence-corrected chi connectivity index (χ4v) is 2.33. The molecule has 1 atom stereocenters. The van der Waals surface area contributed by atoms with Crippen LogP contribution in [0.3, 0.4) is 0 Å². The normalized spacial score (nSPS) is 12.5. The van der Waals surface area contributed by atoms with E-state index >= 15 is 0 Å². The van der Waals surface area contributed by atoms with Gasteiger partial charge in [0.05, 0.1) is 4.92 Å². The van der Waals surface area contributed by atoms with Crippen molar-refractivity contribution in [3.8, 4) is 0 Å². The predicted molar refractivity (Wildman–Crippen MR) is 78.5 cm³/mol. The van der Waals surface area contributed by atoms with Gasteiger partial charge in [-0.2, -0.15) is 0 Å². The number of benzene rings is 1. The molecule has 106 valence electrons. The third-order valence-electron chi connectivity index (χ3n) is 3.04. The first-order valence-corrected chi connectivity index (χ1v) is 6.32. The summed E-state index contributed by atoms with van der Waals surface area (Å²) in [6, 6.07) is 5.24. The molecular weight excluding hydrogens is 244 g/mol. The molecule has 0 saturated carbocycles. The second-order valence-electron chi connectivity index (χ2n) is 4.87. The van der Waals surface area contributed by atoms with Crippen molar-refractivity contribution in [3.63, 3.8) is 0 Å². The van der Waals surface area contributed by atoms with Crippen LogP contribution < -0.4 is 10.6 Å². The lowest BCUT2D eigenvalue weighted by atomic mass is 10.1. The summed E-state index contributed by atoms with van der Waals surface area (Å²) in [5.41, 5.74) is 6.52. The monoisotopic (exact) mass is 266 g/mol. The second kappa shape index (κ2) is 6.38. The number of likely N-dealkylation sites (N-methyl/N-ethyl adjacent to an activating group) is 2. The Labute approximate surface area is 113 Å². The summed E-state index contributed by atoms with van der Waals surface area (Å²) >= 11 is 0. The van der Waals surface area contributed by atoms with E-state index < -0.39 is 4.92 Å². The molecule has 0 saturated heterocycles. The average molecular weight is 266 g/mol. The minimum atomic E-state index is -0.407. The van der Waals surface area contributed by atoms with Gasteiger partial charge in [-0.15, -0.1) is 0 Å². The maximum Gasteiger partial charge on any atom is 0.315 e. The van der Waals surface area contributed by atoms with Gasteiger partial charge >= 0.3 is 5.69 Å². The van der Waals surface area contributed by atoms with E-state index in [1.807, 2.05) is 25.9 Å². The highest BCUT2D eigenvalue weighted by Gasteiger charge is 2.24. The van der Waals surface area contributed by atoms with Crippen molar-refractivity contribution in [2.75, 3.05) is 37.8 Å². The molecule has 0 fully saturated rings. The Hall–Kier alpha value is -1.82. The fraction of sp³-hybridized carbons (Fsp3) is 0.538. The molecular formula is C13H22N4O2. The molecule has 1 aromatic carbocycles. The highest BCUT2D eigenvalue weighted by Crippen LogP contribution is 2.34. The molecule has 0 aliphatic carbocycles. The van der Waals surface area contributed by atoms with Crippen LogP contribution in [0, 0.1) is 10.1 Å². The zero-order valence-electron chi connectivity index (χ0n) is 12.0. The molecule has 1 aromatic rings. The lowest BCUT2D eigenvalue weighted by Crippen LogP contribution is -2.40. The maximum absolute atomic E-state index is 11.2. The van der Waals surface area contributed by atoms with Crippen LogP contribution >= 0.6 is 0 Å². The molecule has 6 nitrogen and oxygen atoms in total. The highest BCUT2D eigenvalue weighted by atomic mass is 16.6. The van der Waals surface area contributed by atoms with Gasteiger partial charge in [-0.1, -0.05) is 6.07 Å². The van der Waals surface area contributed by atoms with Crippen LogP contribution in [0.5, 0.6) is 0 Å². The van der Waals surface area contributed by atoms with E-state index in [4.69, 9.17) is 5.73 Å². The molecule has 0 radical (unpaired) electrons. The van der Waals surface area contributed by atoms with Gasteiger partial charge in [0.2, 0.25) is 0 Å². The van der Waals surface area contributed by atoms with Crippen molar-refractivity contribution < 1.29 is 4.92 Å². The Morgan fingerprint density at radius 3 is 2.53 bits per heavy atom. The smallest absolute Gasteiger partial charge is 0.315 e. The number of hydrogen-bond acceptors (Lipinski definition) is 5. The number of para-hydroxylation sites is 1. The molecule has 2 N–H and O–H groups in total. The Kier molecular flexibility index (Phi) is 5.11. The summed E-state index contributed by atoms with van der Waals surface area (Å²) in [5.74, 6) is 0. The standard InChI is InChI=1S/C13H22N4O2/c1-5-16(10(2)9-15(3)4)12-8-6-7-11(14)13(12)17(18)19/h6-8,10H,5,9,14H2,1-4H3. The van der Waals surface area contributed by atoms with E-state index in [-0.39, 0.29) is 17.4 Å². The molecule has 0 aliphatic rings. The van der Waals surface area contributed by atoms with Gasteiger partial charge in [-0.25, -0.2) is 0 Å². The third kappa shape index (κ3) is 3.57. The van der Waals surface area contributed by atoms with Crippen molar-refractivity contribution in [1.29, 1.82) is 0 Å². The first-order valence-electron chi connectivity index (χ1n) is 6.32. The largest absolute Gasteiger partial charge is 0.393 e. The van der Waals surface area contributed by atoms with Crippen molar-refractivity contribution in [2.24, 2.45) is 0 Å². The van der Waals surface area contributed by atoms with Crippen molar-refractivity contribution in [2.45, 2.75) is 19.9 Å². The second-order valence-corrected chi connectivity index (χ2v) is 4.87. The van der Waals surface area contributed by atoms with E-state index in [0.29, 0.717) is 12.2 Å². The predicted octanol–water partition coefficient (Wildman–Crippen LogP) is 1.95.